The van der Waals surface area contributed by atoms with E-state index in [1.54, 1.807) is 0 Å². The highest BCUT2D eigenvalue weighted by Gasteiger charge is 2.25. The van der Waals surface area contributed by atoms with Gasteiger partial charge in [0.15, 0.2) is 5.69 Å². The summed E-state index contributed by atoms with van der Waals surface area (Å²) in [5, 5.41) is 7.69. The van der Waals surface area contributed by atoms with E-state index in [9.17, 15) is 4.79 Å². The number of carbonyl (C=O) groups is 1. The van der Waals surface area contributed by atoms with Crippen molar-refractivity contribution in [2.45, 2.75) is 38.6 Å². The second-order valence-electron chi connectivity index (χ2n) is 7.46. The topological polar surface area (TPSA) is 72.9 Å². The molecule has 29 heavy (non-hydrogen) atoms. The van der Waals surface area contributed by atoms with Crippen LogP contribution in [0.2, 0.25) is 0 Å². The standard InChI is InChI=1S/C23H26N4O.ClH/c1-16-11-13-18(14-12-16)27-21-10-6-5-9-19(21)22(26-27)23(28)25-15-20(24)17-7-3-2-4-8-17;/h2-4,7-8,11-14,20H,5-6,9-10,15,24H2,1H3,(H,25,28);1H. The molecule has 152 valence electrons. The van der Waals surface area contributed by atoms with E-state index in [2.05, 4.69) is 36.5 Å². The Kier molecular flexibility index (Phi) is 6.72. The molecule has 0 radical (unpaired) electrons. The van der Waals surface area contributed by atoms with E-state index >= 15 is 0 Å². The number of amides is 1. The molecule has 0 saturated heterocycles. The van der Waals surface area contributed by atoms with Crippen LogP contribution in [0.25, 0.3) is 5.69 Å². The fraction of sp³-hybridized carbons (Fsp3) is 0.304. The molecule has 1 unspecified atom stereocenters. The zero-order valence-electron chi connectivity index (χ0n) is 16.6. The first-order valence-electron chi connectivity index (χ1n) is 9.90. The molecule has 1 aromatic heterocycles. The van der Waals surface area contributed by atoms with E-state index in [-0.39, 0.29) is 24.4 Å². The summed E-state index contributed by atoms with van der Waals surface area (Å²) in [6.45, 7) is 2.45. The van der Waals surface area contributed by atoms with Crippen LogP contribution in [-0.2, 0) is 12.8 Å². The fourth-order valence-corrected chi connectivity index (χ4v) is 3.79. The zero-order valence-corrected chi connectivity index (χ0v) is 17.4. The zero-order chi connectivity index (χ0) is 19.5. The average molecular weight is 411 g/mol. The lowest BCUT2D eigenvalue weighted by molar-refractivity contribution is 0.0944. The molecule has 0 saturated carbocycles. The largest absolute Gasteiger partial charge is 0.349 e. The number of nitrogens with one attached hydrogen (secondary N) is 1. The molecule has 6 heteroatoms. The quantitative estimate of drug-likeness (QED) is 0.669. The van der Waals surface area contributed by atoms with Crippen LogP contribution < -0.4 is 11.1 Å². The number of carbonyl (C=O) groups excluding carboxylic acids is 1. The molecule has 1 amide bonds. The molecule has 5 nitrogen and oxygen atoms in total. The second kappa shape index (κ2) is 9.25. The van der Waals surface area contributed by atoms with Crippen molar-refractivity contribution < 1.29 is 4.79 Å². The number of aryl methyl sites for hydroxylation is 1. The summed E-state index contributed by atoms with van der Waals surface area (Å²) in [6.07, 6.45) is 4.07. The number of halogens is 1. The summed E-state index contributed by atoms with van der Waals surface area (Å²) in [5.41, 5.74) is 12.2. The Bertz CT molecular complexity index is 967. The normalized spacial score (nSPS) is 13.9. The third kappa shape index (κ3) is 4.52. The lowest BCUT2D eigenvalue weighted by atomic mass is 9.95. The highest BCUT2D eigenvalue weighted by atomic mass is 35.5. The van der Waals surface area contributed by atoms with Crippen molar-refractivity contribution in [1.82, 2.24) is 15.1 Å². The van der Waals surface area contributed by atoms with Crippen molar-refractivity contribution in [2.24, 2.45) is 5.73 Å². The molecule has 1 heterocycles. The Labute approximate surface area is 177 Å². The molecular formula is C23H27ClN4O. The Morgan fingerprint density at radius 2 is 1.79 bits per heavy atom. The minimum atomic E-state index is -0.236. The predicted molar refractivity (Wildman–Crippen MR) is 118 cm³/mol. The van der Waals surface area contributed by atoms with E-state index in [1.807, 2.05) is 35.0 Å². The van der Waals surface area contributed by atoms with Crippen molar-refractivity contribution in [3.63, 3.8) is 0 Å². The van der Waals surface area contributed by atoms with Crippen molar-refractivity contribution in [2.75, 3.05) is 6.54 Å². The van der Waals surface area contributed by atoms with Crippen LogP contribution in [0.4, 0.5) is 0 Å². The van der Waals surface area contributed by atoms with Gasteiger partial charge in [-0.1, -0.05) is 48.0 Å². The summed E-state index contributed by atoms with van der Waals surface area (Å²) >= 11 is 0. The summed E-state index contributed by atoms with van der Waals surface area (Å²) in [7, 11) is 0. The molecule has 2 aromatic carbocycles. The number of hydrogen-bond donors (Lipinski definition) is 2. The van der Waals surface area contributed by atoms with Gasteiger partial charge in [0.25, 0.3) is 5.91 Å². The van der Waals surface area contributed by atoms with Gasteiger partial charge in [-0.25, -0.2) is 4.68 Å². The van der Waals surface area contributed by atoms with Crippen molar-refractivity contribution in [3.05, 3.63) is 82.7 Å². The lowest BCUT2D eigenvalue weighted by Gasteiger charge is -2.15. The van der Waals surface area contributed by atoms with Crippen molar-refractivity contribution in [3.8, 4) is 5.69 Å². The van der Waals surface area contributed by atoms with Crippen LogP contribution in [0.5, 0.6) is 0 Å². The predicted octanol–water partition coefficient (Wildman–Crippen LogP) is 3.91. The van der Waals surface area contributed by atoms with Gasteiger partial charge in [-0.2, -0.15) is 5.10 Å². The first kappa shape index (κ1) is 21.1. The molecule has 1 aliphatic carbocycles. The van der Waals surface area contributed by atoms with Gasteiger partial charge < -0.3 is 11.1 Å². The second-order valence-corrected chi connectivity index (χ2v) is 7.46. The van der Waals surface area contributed by atoms with Gasteiger partial charge in [0, 0.05) is 23.8 Å². The summed E-state index contributed by atoms with van der Waals surface area (Å²) in [4.78, 5) is 12.9. The molecule has 0 aliphatic heterocycles. The van der Waals surface area contributed by atoms with Gasteiger partial charge >= 0.3 is 0 Å². The third-order valence-electron chi connectivity index (χ3n) is 5.38. The van der Waals surface area contributed by atoms with Gasteiger partial charge in [0.2, 0.25) is 0 Å². The smallest absolute Gasteiger partial charge is 0.272 e. The maximum absolute atomic E-state index is 12.9. The SMILES string of the molecule is Cc1ccc(-n2nc(C(=O)NCC(N)c3ccccc3)c3c2CCCC3)cc1.Cl. The monoisotopic (exact) mass is 410 g/mol. The highest BCUT2D eigenvalue weighted by molar-refractivity contribution is 5.94. The molecule has 3 aromatic rings. The third-order valence-corrected chi connectivity index (χ3v) is 5.38. The molecule has 1 aliphatic rings. The Balaban J connectivity index is 0.00000240. The Morgan fingerprint density at radius 1 is 1.10 bits per heavy atom. The number of nitrogens with two attached hydrogens (primary N) is 1. The Morgan fingerprint density at radius 3 is 2.52 bits per heavy atom. The summed E-state index contributed by atoms with van der Waals surface area (Å²) in [6, 6.07) is 17.9. The number of benzene rings is 2. The van der Waals surface area contributed by atoms with E-state index < -0.39 is 0 Å². The highest BCUT2D eigenvalue weighted by Crippen LogP contribution is 2.27. The van der Waals surface area contributed by atoms with E-state index in [4.69, 9.17) is 10.8 Å². The number of hydrogen-bond acceptors (Lipinski definition) is 3. The van der Waals surface area contributed by atoms with Crippen LogP contribution in [0.15, 0.2) is 54.6 Å². The number of nitrogens with zero attached hydrogens (tertiary/aromatic N) is 2. The first-order valence-corrected chi connectivity index (χ1v) is 9.90. The van der Waals surface area contributed by atoms with Gasteiger partial charge in [-0.05, 0) is 50.3 Å². The number of rotatable bonds is 5. The van der Waals surface area contributed by atoms with Gasteiger partial charge in [-0.15, -0.1) is 12.4 Å². The minimum absolute atomic E-state index is 0. The van der Waals surface area contributed by atoms with E-state index in [0.29, 0.717) is 12.2 Å². The van der Waals surface area contributed by atoms with Crippen LogP contribution >= 0.6 is 12.4 Å². The van der Waals surface area contributed by atoms with Crippen molar-refractivity contribution in [1.29, 1.82) is 0 Å². The maximum Gasteiger partial charge on any atom is 0.272 e. The van der Waals surface area contributed by atoms with Crippen LogP contribution in [0, 0.1) is 6.92 Å². The van der Waals surface area contributed by atoms with Crippen LogP contribution in [0.3, 0.4) is 0 Å². The summed E-state index contributed by atoms with van der Waals surface area (Å²) < 4.78 is 1.94. The lowest BCUT2D eigenvalue weighted by Crippen LogP contribution is -2.32. The van der Waals surface area contributed by atoms with E-state index in [1.165, 1.54) is 5.56 Å². The number of fused-ring (bicyclic) bond motifs is 1. The minimum Gasteiger partial charge on any atom is -0.349 e. The van der Waals surface area contributed by atoms with Crippen LogP contribution in [-0.4, -0.2) is 22.2 Å². The molecule has 3 N–H and O–H groups in total. The molecular weight excluding hydrogens is 384 g/mol. The maximum atomic E-state index is 12.9. The number of aromatic nitrogens is 2. The fourth-order valence-electron chi connectivity index (χ4n) is 3.79. The summed E-state index contributed by atoms with van der Waals surface area (Å²) in [5.74, 6) is -0.143. The average Bonchev–Trinajstić information content (AvgIpc) is 3.13. The first-order chi connectivity index (χ1) is 13.6. The molecule has 1 atom stereocenters. The molecule has 4 rings (SSSR count). The van der Waals surface area contributed by atoms with Gasteiger partial charge in [0.05, 0.1) is 5.69 Å². The van der Waals surface area contributed by atoms with Gasteiger partial charge in [0.1, 0.15) is 0 Å². The molecule has 0 bridgehead atoms. The Hall–Kier alpha value is -2.63. The van der Waals surface area contributed by atoms with Gasteiger partial charge in [-0.3, -0.25) is 4.79 Å². The molecule has 0 spiro atoms. The molecule has 0 fully saturated rings. The van der Waals surface area contributed by atoms with E-state index in [0.717, 1.165) is 48.2 Å². The van der Waals surface area contributed by atoms with Crippen LogP contribution in [0.1, 0.15) is 51.8 Å². The van der Waals surface area contributed by atoms with Crippen molar-refractivity contribution >= 4 is 18.3 Å².